The number of likely N-dealkylation sites (tertiary alicyclic amines) is 1. The van der Waals surface area contributed by atoms with Crippen molar-refractivity contribution in [3.8, 4) is 0 Å². The zero-order valence-electron chi connectivity index (χ0n) is 15.9. The van der Waals surface area contributed by atoms with Crippen LogP contribution in [0.2, 0.25) is 5.02 Å². The molecule has 1 spiro atoms. The molecule has 0 unspecified atom stereocenters. The van der Waals surface area contributed by atoms with E-state index in [9.17, 15) is 24.3 Å². The van der Waals surface area contributed by atoms with E-state index in [0.717, 1.165) is 6.42 Å². The van der Waals surface area contributed by atoms with Crippen LogP contribution in [-0.2, 0) is 24.7 Å². The first-order chi connectivity index (χ1) is 13.8. The summed E-state index contributed by atoms with van der Waals surface area (Å²) in [5.41, 5.74) is -0.309. The number of nitrogens with two attached hydrogens (primary N) is 1. The first-order valence-corrected chi connectivity index (χ1v) is 10.2. The monoisotopic (exact) mass is 419 g/mol. The number of anilines is 1. The molecule has 8 nitrogen and oxygen atoms in total. The fourth-order valence-electron chi connectivity index (χ4n) is 5.10. The second-order valence-electron chi connectivity index (χ2n) is 7.91. The third kappa shape index (κ3) is 2.77. The van der Waals surface area contributed by atoms with E-state index in [4.69, 9.17) is 11.6 Å². The predicted octanol–water partition coefficient (Wildman–Crippen LogP) is -0.636. The van der Waals surface area contributed by atoms with Gasteiger partial charge in [0, 0.05) is 24.5 Å². The van der Waals surface area contributed by atoms with E-state index in [1.807, 2.05) is 6.92 Å². The molecule has 4 atom stereocenters. The molecule has 2 saturated heterocycles. The fourth-order valence-corrected chi connectivity index (χ4v) is 5.32. The summed E-state index contributed by atoms with van der Waals surface area (Å²) in [5.74, 6) is -3.97. The Bertz CT molecular complexity index is 919. The van der Waals surface area contributed by atoms with E-state index in [2.05, 4.69) is 5.32 Å². The second-order valence-corrected chi connectivity index (χ2v) is 8.32. The van der Waals surface area contributed by atoms with Gasteiger partial charge in [-0.05, 0) is 25.0 Å². The number of amides is 3. The Morgan fingerprint density at radius 1 is 1.31 bits per heavy atom. The summed E-state index contributed by atoms with van der Waals surface area (Å²) in [4.78, 5) is 52.0. The van der Waals surface area contributed by atoms with Gasteiger partial charge < -0.3 is 20.5 Å². The van der Waals surface area contributed by atoms with Crippen LogP contribution in [0.1, 0.15) is 38.2 Å². The zero-order chi connectivity index (χ0) is 20.9. The third-order valence-corrected chi connectivity index (χ3v) is 6.68. The zero-order valence-corrected chi connectivity index (χ0v) is 16.7. The average molecular weight is 420 g/mol. The number of carbonyl (C=O) groups excluding carboxylic acids is 4. The summed E-state index contributed by atoms with van der Waals surface area (Å²) in [5, 5.41) is 15.9. The molecule has 9 heteroatoms. The normalized spacial score (nSPS) is 30.1. The smallest absolute Gasteiger partial charge is 0.291 e. The van der Waals surface area contributed by atoms with Crippen LogP contribution in [0.15, 0.2) is 18.2 Å². The molecule has 29 heavy (non-hydrogen) atoms. The lowest BCUT2D eigenvalue weighted by Gasteiger charge is -2.26. The molecule has 154 valence electrons. The number of carboxylic acids is 1. The Hall–Kier alpha value is -2.45. The Morgan fingerprint density at radius 3 is 2.76 bits per heavy atom. The molecular weight excluding hydrogens is 398 g/mol. The summed E-state index contributed by atoms with van der Waals surface area (Å²) < 4.78 is 0. The van der Waals surface area contributed by atoms with E-state index in [1.54, 1.807) is 23.5 Å². The number of nitrogens with one attached hydrogen (secondary N) is 1. The van der Waals surface area contributed by atoms with E-state index >= 15 is 0 Å². The molecule has 0 aromatic heterocycles. The topological polar surface area (TPSA) is 123 Å². The number of nitrogens with zero attached hydrogens (tertiary/aromatic N) is 1. The largest absolute Gasteiger partial charge is 0.550 e. The maximum absolute atomic E-state index is 13.3. The van der Waals surface area contributed by atoms with Crippen molar-refractivity contribution in [2.45, 2.75) is 44.2 Å². The van der Waals surface area contributed by atoms with Crippen molar-refractivity contribution in [2.24, 2.45) is 11.8 Å². The molecule has 1 aromatic rings. The average Bonchev–Trinajstić information content (AvgIpc) is 3.25. The summed E-state index contributed by atoms with van der Waals surface area (Å²) >= 11 is 6.26. The summed E-state index contributed by atoms with van der Waals surface area (Å²) in [6.45, 7) is 2.26. The van der Waals surface area contributed by atoms with Gasteiger partial charge in [0.1, 0.15) is 17.9 Å². The van der Waals surface area contributed by atoms with Crippen LogP contribution in [0.5, 0.6) is 0 Å². The van der Waals surface area contributed by atoms with Crippen molar-refractivity contribution in [2.75, 3.05) is 11.9 Å². The molecule has 4 rings (SSSR count). The number of halogens is 1. The lowest BCUT2D eigenvalue weighted by atomic mass is 9.76. The first-order valence-electron chi connectivity index (χ1n) is 9.84. The van der Waals surface area contributed by atoms with Gasteiger partial charge in [-0.2, -0.15) is 0 Å². The number of para-hydroxylation sites is 1. The molecule has 0 bridgehead atoms. The van der Waals surface area contributed by atoms with E-state index in [1.165, 1.54) is 4.90 Å². The lowest BCUT2D eigenvalue weighted by molar-refractivity contribution is -0.734. The highest BCUT2D eigenvalue weighted by Gasteiger charge is 2.74. The second kappa shape index (κ2) is 7.11. The predicted molar refractivity (Wildman–Crippen MR) is 100 cm³/mol. The molecule has 3 aliphatic heterocycles. The van der Waals surface area contributed by atoms with Crippen molar-refractivity contribution >= 4 is 41.0 Å². The van der Waals surface area contributed by atoms with Gasteiger partial charge in [0.15, 0.2) is 0 Å². The van der Waals surface area contributed by atoms with Gasteiger partial charge in [-0.1, -0.05) is 31.0 Å². The van der Waals surface area contributed by atoms with Crippen LogP contribution in [0.4, 0.5) is 5.69 Å². The van der Waals surface area contributed by atoms with Crippen molar-refractivity contribution < 1.29 is 29.6 Å². The third-order valence-electron chi connectivity index (χ3n) is 6.36. The molecule has 0 radical (unpaired) electrons. The standard InChI is InChI=1S/C20H22ClN3O5/c1-2-3-9-24-17(27)14-12(7-8-13(25)26)23-20(15(14)18(24)28)10-5-4-6-11(21)16(10)22-19(20)29/h4-6,12,14-15,23H,2-3,7-9H2,1H3,(H,22,29)(H,25,26)/t12-,14-,15+,20-/m1/s1. The number of carbonyl (C=O) groups is 4. The van der Waals surface area contributed by atoms with Gasteiger partial charge in [-0.25, -0.2) is 0 Å². The molecule has 3 aliphatic rings. The summed E-state index contributed by atoms with van der Waals surface area (Å²) in [7, 11) is 0. The molecule has 2 fully saturated rings. The Kier molecular flexibility index (Phi) is 4.86. The minimum Gasteiger partial charge on any atom is -0.550 e. The highest BCUT2D eigenvalue weighted by molar-refractivity contribution is 6.35. The maximum atomic E-state index is 13.3. The van der Waals surface area contributed by atoms with E-state index in [0.29, 0.717) is 29.2 Å². The Morgan fingerprint density at radius 2 is 2.07 bits per heavy atom. The van der Waals surface area contributed by atoms with Crippen LogP contribution in [0.3, 0.4) is 0 Å². The number of hydrogen-bond donors (Lipinski definition) is 2. The SMILES string of the molecule is CCCCN1C(=O)[C@H]2[C@@H](C1=O)[C@@]1([NH2+][C@@H]2CCC(=O)[O-])C(=O)Nc2c(Cl)cccc21. The molecule has 3 amide bonds. The molecule has 1 aromatic carbocycles. The lowest BCUT2D eigenvalue weighted by Crippen LogP contribution is -2.99. The van der Waals surface area contributed by atoms with Gasteiger partial charge in [-0.15, -0.1) is 0 Å². The Labute approximate surface area is 172 Å². The number of hydrogen-bond acceptors (Lipinski definition) is 5. The number of fused-ring (bicyclic) bond motifs is 4. The van der Waals surface area contributed by atoms with E-state index in [-0.39, 0.29) is 24.7 Å². The maximum Gasteiger partial charge on any atom is 0.291 e. The molecular formula is C20H22ClN3O5. The van der Waals surface area contributed by atoms with Crippen molar-refractivity contribution in [3.05, 3.63) is 28.8 Å². The number of benzene rings is 1. The molecule has 0 aliphatic carbocycles. The van der Waals surface area contributed by atoms with Gasteiger partial charge in [0.05, 0.1) is 10.7 Å². The van der Waals surface area contributed by atoms with Crippen LogP contribution < -0.4 is 15.7 Å². The number of unbranched alkanes of at least 4 members (excludes halogenated alkanes) is 1. The summed E-state index contributed by atoms with van der Waals surface area (Å²) in [6, 6.07) is 4.57. The van der Waals surface area contributed by atoms with Crippen LogP contribution in [-0.4, -0.2) is 41.2 Å². The quantitative estimate of drug-likeness (QED) is 0.594. The van der Waals surface area contributed by atoms with Crippen molar-refractivity contribution in [3.63, 3.8) is 0 Å². The van der Waals surface area contributed by atoms with Crippen LogP contribution in [0.25, 0.3) is 0 Å². The highest BCUT2D eigenvalue weighted by atomic mass is 35.5. The number of aliphatic carboxylic acids is 1. The van der Waals surface area contributed by atoms with Gasteiger partial charge in [0.25, 0.3) is 5.91 Å². The van der Waals surface area contributed by atoms with Crippen molar-refractivity contribution in [1.82, 2.24) is 4.90 Å². The van der Waals surface area contributed by atoms with Crippen LogP contribution >= 0.6 is 11.6 Å². The number of carboxylic acid groups (broad SMARTS) is 1. The van der Waals surface area contributed by atoms with E-state index < -0.39 is 35.3 Å². The Balaban J connectivity index is 1.81. The van der Waals surface area contributed by atoms with Crippen LogP contribution in [0, 0.1) is 11.8 Å². The summed E-state index contributed by atoms with van der Waals surface area (Å²) in [6.07, 6.45) is 1.37. The van der Waals surface area contributed by atoms with Gasteiger partial charge >= 0.3 is 0 Å². The van der Waals surface area contributed by atoms with Gasteiger partial charge in [0.2, 0.25) is 17.4 Å². The first kappa shape index (κ1) is 19.8. The van der Waals surface area contributed by atoms with Crippen molar-refractivity contribution in [1.29, 1.82) is 0 Å². The molecule has 0 saturated carbocycles. The molecule has 3 N–H and O–H groups in total. The molecule has 3 heterocycles. The minimum absolute atomic E-state index is 0.134. The van der Waals surface area contributed by atoms with Gasteiger partial charge in [-0.3, -0.25) is 19.3 Å². The highest BCUT2D eigenvalue weighted by Crippen LogP contribution is 2.50. The number of imide groups is 1. The number of rotatable bonds is 6. The minimum atomic E-state index is -1.32. The number of quaternary nitrogens is 1. The fraction of sp³-hybridized carbons (Fsp3) is 0.500.